The highest BCUT2D eigenvalue weighted by atomic mass is 35.5. The summed E-state index contributed by atoms with van der Waals surface area (Å²) in [6, 6.07) is 18.1. The minimum atomic E-state index is 0.0735. The number of hydrogen-bond donors (Lipinski definition) is 2. The lowest BCUT2D eigenvalue weighted by molar-refractivity contribution is -0.118. The lowest BCUT2D eigenvalue weighted by Gasteiger charge is -2.18. The molecule has 0 aromatic heterocycles. The van der Waals surface area contributed by atoms with Crippen molar-refractivity contribution in [3.63, 3.8) is 0 Å². The Hall–Kier alpha value is -1.75. The number of halogens is 1. The van der Waals surface area contributed by atoms with Gasteiger partial charge in [0, 0.05) is 18.1 Å². The molecule has 2 aromatic carbocycles. The van der Waals surface area contributed by atoms with Gasteiger partial charge in [0.1, 0.15) is 0 Å². The van der Waals surface area contributed by atoms with E-state index in [4.69, 9.17) is 11.6 Å². The van der Waals surface area contributed by atoms with Crippen LogP contribution in [0.25, 0.3) is 0 Å². The first-order chi connectivity index (χ1) is 12.7. The summed E-state index contributed by atoms with van der Waals surface area (Å²) in [5, 5.41) is 7.15. The van der Waals surface area contributed by atoms with Gasteiger partial charge in [-0.1, -0.05) is 65.7 Å². The van der Waals surface area contributed by atoms with Crippen LogP contribution in [0.15, 0.2) is 66.2 Å². The molecular weight excluding hydrogens is 364 g/mol. The Kier molecular flexibility index (Phi) is 7.18. The zero-order chi connectivity index (χ0) is 18.2. The van der Waals surface area contributed by atoms with Crippen LogP contribution in [-0.2, 0) is 4.79 Å². The molecule has 0 spiro atoms. The van der Waals surface area contributed by atoms with Gasteiger partial charge in [-0.25, -0.2) is 0 Å². The van der Waals surface area contributed by atoms with E-state index in [0.717, 1.165) is 30.1 Å². The molecule has 3 rings (SSSR count). The van der Waals surface area contributed by atoms with Crippen molar-refractivity contribution in [1.29, 1.82) is 0 Å². The van der Waals surface area contributed by atoms with Crippen molar-refractivity contribution in [2.24, 2.45) is 0 Å². The average molecular weight is 387 g/mol. The smallest absolute Gasteiger partial charge is 0.230 e. The van der Waals surface area contributed by atoms with Crippen LogP contribution in [0.2, 0.25) is 5.02 Å². The Labute approximate surface area is 164 Å². The lowest BCUT2D eigenvalue weighted by Crippen LogP contribution is -2.30. The largest absolute Gasteiger partial charge is 0.352 e. The number of amides is 1. The Morgan fingerprint density at radius 3 is 2.54 bits per heavy atom. The molecule has 0 radical (unpaired) electrons. The zero-order valence-corrected chi connectivity index (χ0v) is 16.2. The predicted molar refractivity (Wildman–Crippen MR) is 111 cm³/mol. The van der Waals surface area contributed by atoms with E-state index < -0.39 is 0 Å². The van der Waals surface area contributed by atoms with Crippen LogP contribution in [0, 0.1) is 0 Å². The maximum atomic E-state index is 12.3. The van der Waals surface area contributed by atoms with Crippen molar-refractivity contribution in [2.75, 3.05) is 25.4 Å². The van der Waals surface area contributed by atoms with Crippen LogP contribution in [0.4, 0.5) is 0 Å². The standard InChI is InChI=1S/C21H23ClN2OS/c22-19-8-6-18(7-9-19)21(17-4-2-1-3-5-17)26-15-20(25)24-14-16-10-12-23-13-11-16/h1-10,21,23H,11-15H2,(H,24,25). The normalized spacial score (nSPS) is 15.2. The van der Waals surface area contributed by atoms with Gasteiger partial charge in [-0.15, -0.1) is 11.8 Å². The molecule has 0 aliphatic carbocycles. The summed E-state index contributed by atoms with van der Waals surface area (Å²) < 4.78 is 0. The molecule has 26 heavy (non-hydrogen) atoms. The van der Waals surface area contributed by atoms with Gasteiger partial charge < -0.3 is 10.6 Å². The summed E-state index contributed by atoms with van der Waals surface area (Å²) >= 11 is 7.67. The first-order valence-corrected chi connectivity index (χ1v) is 10.2. The number of benzene rings is 2. The highest BCUT2D eigenvalue weighted by Crippen LogP contribution is 2.35. The van der Waals surface area contributed by atoms with E-state index >= 15 is 0 Å². The number of carbonyl (C=O) groups excluding carboxylic acids is 1. The van der Waals surface area contributed by atoms with E-state index in [0.29, 0.717) is 12.3 Å². The molecule has 1 amide bonds. The molecule has 1 aliphatic heterocycles. The third kappa shape index (κ3) is 5.63. The van der Waals surface area contributed by atoms with Crippen LogP contribution < -0.4 is 10.6 Å². The van der Waals surface area contributed by atoms with Crippen LogP contribution in [0.5, 0.6) is 0 Å². The van der Waals surface area contributed by atoms with Gasteiger partial charge in [0.15, 0.2) is 0 Å². The van der Waals surface area contributed by atoms with E-state index in [1.165, 1.54) is 11.1 Å². The molecule has 1 heterocycles. The van der Waals surface area contributed by atoms with Crippen molar-refractivity contribution < 1.29 is 4.79 Å². The Morgan fingerprint density at radius 2 is 1.85 bits per heavy atom. The molecule has 3 nitrogen and oxygen atoms in total. The van der Waals surface area contributed by atoms with Crippen LogP contribution >= 0.6 is 23.4 Å². The third-order valence-electron chi connectivity index (χ3n) is 4.33. The van der Waals surface area contributed by atoms with Gasteiger partial charge in [-0.2, -0.15) is 0 Å². The second-order valence-corrected chi connectivity index (χ2v) is 7.78. The number of thioether (sulfide) groups is 1. The van der Waals surface area contributed by atoms with Crippen molar-refractivity contribution in [3.05, 3.63) is 82.4 Å². The minimum absolute atomic E-state index is 0.0735. The molecule has 1 aliphatic rings. The molecule has 0 saturated heterocycles. The predicted octanol–water partition coefficient (Wildman–Crippen LogP) is 4.20. The second kappa shape index (κ2) is 9.81. The first-order valence-electron chi connectivity index (χ1n) is 8.80. The molecule has 2 N–H and O–H groups in total. The van der Waals surface area contributed by atoms with E-state index in [-0.39, 0.29) is 11.2 Å². The fraction of sp³-hybridized carbons (Fsp3) is 0.286. The van der Waals surface area contributed by atoms with Gasteiger partial charge >= 0.3 is 0 Å². The SMILES string of the molecule is O=C(CSC(c1ccccc1)c1ccc(Cl)cc1)NCC1=CCNCC1. The maximum absolute atomic E-state index is 12.3. The summed E-state index contributed by atoms with van der Waals surface area (Å²) in [5.41, 5.74) is 3.65. The third-order valence-corrected chi connectivity index (χ3v) is 5.89. The molecule has 2 aromatic rings. The van der Waals surface area contributed by atoms with Crippen molar-refractivity contribution in [2.45, 2.75) is 11.7 Å². The Bertz CT molecular complexity index is 746. The molecule has 0 bridgehead atoms. The highest BCUT2D eigenvalue weighted by molar-refractivity contribution is 8.00. The number of nitrogens with one attached hydrogen (secondary N) is 2. The maximum Gasteiger partial charge on any atom is 0.230 e. The Morgan fingerprint density at radius 1 is 1.12 bits per heavy atom. The quantitative estimate of drug-likeness (QED) is 0.701. The summed E-state index contributed by atoms with van der Waals surface area (Å²) in [4.78, 5) is 12.3. The zero-order valence-electron chi connectivity index (χ0n) is 14.6. The van der Waals surface area contributed by atoms with Gasteiger partial charge in [0.2, 0.25) is 5.91 Å². The van der Waals surface area contributed by atoms with Crippen molar-refractivity contribution >= 4 is 29.3 Å². The molecule has 0 fully saturated rings. The summed E-state index contributed by atoms with van der Waals surface area (Å²) in [7, 11) is 0. The van der Waals surface area contributed by atoms with Crippen molar-refractivity contribution in [3.8, 4) is 0 Å². The fourth-order valence-electron chi connectivity index (χ4n) is 2.90. The average Bonchev–Trinajstić information content (AvgIpc) is 2.69. The molecule has 5 heteroatoms. The van der Waals surface area contributed by atoms with Gasteiger partial charge in [-0.05, 0) is 36.2 Å². The first kappa shape index (κ1) is 19.0. The van der Waals surface area contributed by atoms with E-state index in [1.54, 1.807) is 11.8 Å². The van der Waals surface area contributed by atoms with Crippen LogP contribution in [0.3, 0.4) is 0 Å². The molecule has 0 saturated carbocycles. The topological polar surface area (TPSA) is 41.1 Å². The number of rotatable bonds is 7. The monoisotopic (exact) mass is 386 g/mol. The summed E-state index contributed by atoms with van der Waals surface area (Å²) in [5.74, 6) is 0.498. The summed E-state index contributed by atoms with van der Waals surface area (Å²) in [6.45, 7) is 2.54. The minimum Gasteiger partial charge on any atom is -0.352 e. The second-order valence-electron chi connectivity index (χ2n) is 6.25. The summed E-state index contributed by atoms with van der Waals surface area (Å²) in [6.07, 6.45) is 3.17. The molecule has 1 unspecified atom stereocenters. The van der Waals surface area contributed by atoms with Crippen LogP contribution in [0.1, 0.15) is 22.8 Å². The lowest BCUT2D eigenvalue weighted by atomic mass is 10.0. The number of carbonyl (C=O) groups is 1. The van der Waals surface area contributed by atoms with E-state index in [9.17, 15) is 4.79 Å². The van der Waals surface area contributed by atoms with Gasteiger partial charge in [-0.3, -0.25) is 4.79 Å². The van der Waals surface area contributed by atoms with E-state index in [1.807, 2.05) is 42.5 Å². The molecule has 136 valence electrons. The van der Waals surface area contributed by atoms with Gasteiger partial charge in [0.25, 0.3) is 0 Å². The van der Waals surface area contributed by atoms with Crippen LogP contribution in [-0.4, -0.2) is 31.3 Å². The Balaban J connectivity index is 1.61. The highest BCUT2D eigenvalue weighted by Gasteiger charge is 2.16. The number of hydrogen-bond acceptors (Lipinski definition) is 3. The van der Waals surface area contributed by atoms with E-state index in [2.05, 4.69) is 28.8 Å². The van der Waals surface area contributed by atoms with Gasteiger partial charge in [0.05, 0.1) is 11.0 Å². The molecule has 1 atom stereocenters. The fourth-order valence-corrected chi connectivity index (χ4v) is 4.15. The molecular formula is C21H23ClN2OS. The van der Waals surface area contributed by atoms with Crippen molar-refractivity contribution in [1.82, 2.24) is 10.6 Å².